The molecule has 3 heterocycles. The Labute approximate surface area is 163 Å². The number of hydrogen-bond donors (Lipinski definition) is 0. The summed E-state index contributed by atoms with van der Waals surface area (Å²) in [5, 5.41) is 4.26. The number of aromatic nitrogens is 3. The van der Waals surface area contributed by atoms with Gasteiger partial charge in [-0.15, -0.1) is 11.3 Å². The molecule has 2 aromatic carbocycles. The Balaban J connectivity index is 1.34. The quantitative estimate of drug-likeness (QED) is 0.502. The minimum Gasteiger partial charge on any atom is -0.292 e. The van der Waals surface area contributed by atoms with E-state index in [0.29, 0.717) is 6.04 Å². The van der Waals surface area contributed by atoms with Crippen LogP contribution >= 0.6 is 11.3 Å². The largest absolute Gasteiger partial charge is 0.292 e. The summed E-state index contributed by atoms with van der Waals surface area (Å²) in [6, 6.07) is 16.2. The summed E-state index contributed by atoms with van der Waals surface area (Å²) in [6.45, 7) is 2.15. The van der Waals surface area contributed by atoms with Gasteiger partial charge in [-0.25, -0.2) is 4.98 Å². The summed E-state index contributed by atoms with van der Waals surface area (Å²) in [6.07, 6.45) is 6.46. The van der Waals surface area contributed by atoms with Gasteiger partial charge in [0.15, 0.2) is 0 Å². The molecule has 5 heteroatoms. The fourth-order valence-corrected chi connectivity index (χ4v) is 4.74. The summed E-state index contributed by atoms with van der Waals surface area (Å²) in [5.41, 5.74) is 8.22. The van der Waals surface area contributed by atoms with Crippen LogP contribution in [-0.2, 0) is 13.6 Å². The Hall–Kier alpha value is -2.50. The number of benzene rings is 2. The van der Waals surface area contributed by atoms with Crippen LogP contribution in [0.5, 0.6) is 0 Å². The first kappa shape index (κ1) is 16.7. The number of nitrogens with zero attached hydrogens (tertiary/aromatic N) is 4. The first-order chi connectivity index (χ1) is 13.3. The standard InChI is InChI=1S/C22H22N4S/c1-25-14-19(12-24-25)17-6-4-16(5-7-17)13-26-10-2-3-21(26)18-8-9-22-20(11-18)23-15-27-22/h4-9,11-12,14-15,21H,2-3,10,13H2,1H3/t21-/m0/s1. The number of thiazole rings is 1. The van der Waals surface area contributed by atoms with Crippen LogP contribution in [0.1, 0.15) is 30.0 Å². The lowest BCUT2D eigenvalue weighted by molar-refractivity contribution is 0.248. The summed E-state index contributed by atoms with van der Waals surface area (Å²) < 4.78 is 3.12. The molecule has 1 aliphatic rings. The van der Waals surface area contributed by atoms with Crippen LogP contribution < -0.4 is 0 Å². The molecule has 4 aromatic rings. The van der Waals surface area contributed by atoms with Gasteiger partial charge in [0.2, 0.25) is 0 Å². The third kappa shape index (κ3) is 3.29. The SMILES string of the molecule is Cn1cc(-c2ccc(CN3CCC[C@H]3c3ccc4scnc4c3)cc2)cn1. The van der Waals surface area contributed by atoms with Gasteiger partial charge in [-0.05, 0) is 48.2 Å². The second-order valence-corrected chi connectivity index (χ2v) is 8.19. The molecule has 0 bridgehead atoms. The van der Waals surface area contributed by atoms with Crippen molar-refractivity contribution in [1.82, 2.24) is 19.7 Å². The fourth-order valence-electron chi connectivity index (χ4n) is 4.08. The second-order valence-electron chi connectivity index (χ2n) is 7.31. The molecule has 5 rings (SSSR count). The van der Waals surface area contributed by atoms with Crippen LogP contribution in [0.2, 0.25) is 0 Å². The van der Waals surface area contributed by atoms with Crippen molar-refractivity contribution in [3.8, 4) is 11.1 Å². The molecule has 27 heavy (non-hydrogen) atoms. The van der Waals surface area contributed by atoms with Crippen LogP contribution in [-0.4, -0.2) is 26.2 Å². The van der Waals surface area contributed by atoms with Crippen molar-refractivity contribution in [2.75, 3.05) is 6.54 Å². The maximum atomic E-state index is 4.49. The maximum Gasteiger partial charge on any atom is 0.0815 e. The summed E-state index contributed by atoms with van der Waals surface area (Å²) in [4.78, 5) is 7.10. The molecule has 0 aliphatic carbocycles. The van der Waals surface area contributed by atoms with Gasteiger partial charge < -0.3 is 0 Å². The Bertz CT molecular complexity index is 1060. The summed E-state index contributed by atoms with van der Waals surface area (Å²) >= 11 is 1.71. The average molecular weight is 375 g/mol. The average Bonchev–Trinajstić information content (AvgIpc) is 3.42. The van der Waals surface area contributed by atoms with Crippen molar-refractivity contribution in [3.05, 3.63) is 71.5 Å². The van der Waals surface area contributed by atoms with Gasteiger partial charge >= 0.3 is 0 Å². The number of aryl methyl sites for hydroxylation is 1. The van der Waals surface area contributed by atoms with Gasteiger partial charge in [0.1, 0.15) is 0 Å². The molecule has 0 N–H and O–H groups in total. The monoisotopic (exact) mass is 374 g/mol. The van der Waals surface area contributed by atoms with Crippen LogP contribution in [0.4, 0.5) is 0 Å². The summed E-state index contributed by atoms with van der Waals surface area (Å²) in [5.74, 6) is 0. The Morgan fingerprint density at radius 3 is 2.81 bits per heavy atom. The normalized spacial score (nSPS) is 17.7. The second kappa shape index (κ2) is 6.91. The predicted octanol–water partition coefficient (Wildman–Crippen LogP) is 5.03. The number of likely N-dealkylation sites (tertiary alicyclic amines) is 1. The minimum absolute atomic E-state index is 0.495. The van der Waals surface area contributed by atoms with E-state index in [-0.39, 0.29) is 0 Å². The lowest BCUT2D eigenvalue weighted by Gasteiger charge is -2.25. The van der Waals surface area contributed by atoms with E-state index in [1.807, 2.05) is 23.4 Å². The van der Waals surface area contributed by atoms with E-state index in [2.05, 4.69) is 63.6 Å². The van der Waals surface area contributed by atoms with Crippen LogP contribution in [0.15, 0.2) is 60.4 Å². The fraction of sp³-hybridized carbons (Fsp3) is 0.273. The van der Waals surface area contributed by atoms with Gasteiger partial charge in [0, 0.05) is 31.4 Å². The molecule has 1 fully saturated rings. The topological polar surface area (TPSA) is 34.0 Å². The van der Waals surface area contributed by atoms with Crippen molar-refractivity contribution in [3.63, 3.8) is 0 Å². The Morgan fingerprint density at radius 2 is 2.00 bits per heavy atom. The molecule has 136 valence electrons. The van der Waals surface area contributed by atoms with Crippen LogP contribution in [0, 0.1) is 0 Å². The molecule has 0 radical (unpaired) electrons. The van der Waals surface area contributed by atoms with E-state index < -0.39 is 0 Å². The van der Waals surface area contributed by atoms with E-state index in [0.717, 1.165) is 18.6 Å². The highest BCUT2D eigenvalue weighted by atomic mass is 32.1. The van der Waals surface area contributed by atoms with Gasteiger partial charge in [-0.2, -0.15) is 5.10 Å². The van der Waals surface area contributed by atoms with Gasteiger partial charge in [0.25, 0.3) is 0 Å². The zero-order valence-corrected chi connectivity index (χ0v) is 16.2. The lowest BCUT2D eigenvalue weighted by atomic mass is 10.0. The highest BCUT2D eigenvalue weighted by molar-refractivity contribution is 7.16. The van der Waals surface area contributed by atoms with Gasteiger partial charge in [0.05, 0.1) is 21.9 Å². The van der Waals surface area contributed by atoms with Crippen molar-refractivity contribution in [2.45, 2.75) is 25.4 Å². The van der Waals surface area contributed by atoms with Crippen molar-refractivity contribution < 1.29 is 0 Å². The Kier molecular flexibility index (Phi) is 4.26. The third-order valence-corrected chi connectivity index (χ3v) is 6.29. The number of hydrogen-bond acceptors (Lipinski definition) is 4. The lowest BCUT2D eigenvalue weighted by Crippen LogP contribution is -2.22. The van der Waals surface area contributed by atoms with Crippen molar-refractivity contribution in [1.29, 1.82) is 0 Å². The molecule has 2 aromatic heterocycles. The highest BCUT2D eigenvalue weighted by Gasteiger charge is 2.26. The predicted molar refractivity (Wildman–Crippen MR) is 111 cm³/mol. The van der Waals surface area contributed by atoms with Crippen molar-refractivity contribution >= 4 is 21.6 Å². The molecule has 4 nitrogen and oxygen atoms in total. The third-order valence-electron chi connectivity index (χ3n) is 5.48. The molecule has 1 saturated heterocycles. The first-order valence-corrected chi connectivity index (χ1v) is 10.3. The highest BCUT2D eigenvalue weighted by Crippen LogP contribution is 2.35. The van der Waals surface area contributed by atoms with Crippen LogP contribution in [0.3, 0.4) is 0 Å². The molecule has 0 spiro atoms. The molecule has 1 aliphatic heterocycles. The zero-order chi connectivity index (χ0) is 18.2. The molecular weight excluding hydrogens is 352 g/mol. The van der Waals surface area contributed by atoms with E-state index in [1.54, 1.807) is 11.3 Å². The van der Waals surface area contributed by atoms with E-state index in [4.69, 9.17) is 0 Å². The van der Waals surface area contributed by atoms with Gasteiger partial charge in [-0.1, -0.05) is 30.3 Å². The molecular formula is C22H22N4S. The molecule has 1 atom stereocenters. The summed E-state index contributed by atoms with van der Waals surface area (Å²) in [7, 11) is 1.95. The van der Waals surface area contributed by atoms with E-state index in [9.17, 15) is 0 Å². The maximum absolute atomic E-state index is 4.49. The molecule has 0 saturated carbocycles. The van der Waals surface area contributed by atoms with Crippen LogP contribution in [0.25, 0.3) is 21.3 Å². The van der Waals surface area contributed by atoms with E-state index in [1.165, 1.54) is 39.8 Å². The Morgan fingerprint density at radius 1 is 1.11 bits per heavy atom. The number of rotatable bonds is 4. The van der Waals surface area contributed by atoms with Gasteiger partial charge in [-0.3, -0.25) is 9.58 Å². The van der Waals surface area contributed by atoms with Crippen molar-refractivity contribution in [2.24, 2.45) is 7.05 Å². The number of fused-ring (bicyclic) bond motifs is 1. The zero-order valence-electron chi connectivity index (χ0n) is 15.4. The first-order valence-electron chi connectivity index (χ1n) is 9.41. The molecule has 0 amide bonds. The van der Waals surface area contributed by atoms with E-state index >= 15 is 0 Å². The molecule has 0 unspecified atom stereocenters. The minimum atomic E-state index is 0.495. The smallest absolute Gasteiger partial charge is 0.0815 e.